The third kappa shape index (κ3) is 4.35. The van der Waals surface area contributed by atoms with Gasteiger partial charge < -0.3 is 18.0 Å². The molecule has 1 radical (unpaired) electrons. The first kappa shape index (κ1) is 5.35. The lowest BCUT2D eigenvalue weighted by Gasteiger charge is -2.03. The van der Waals surface area contributed by atoms with E-state index in [0.717, 1.165) is 0 Å². The maximum Gasteiger partial charge on any atom is -0.0332 e. The molecule has 0 nitrogen and oxygen atoms in total. The lowest BCUT2D eigenvalue weighted by Crippen LogP contribution is -1.78. The molecule has 31 valence electrons. The molecule has 0 saturated carbocycles. The highest BCUT2D eigenvalue weighted by atomic mass is 32.2. The molecule has 0 aromatic rings. The van der Waals surface area contributed by atoms with E-state index in [-0.39, 0.29) is 0 Å². The molecule has 0 bridgehead atoms. The van der Waals surface area contributed by atoms with Gasteiger partial charge in [-0.3, -0.25) is 0 Å². The van der Waals surface area contributed by atoms with Crippen LogP contribution in [-0.2, 0) is 0 Å². The van der Waals surface area contributed by atoms with Gasteiger partial charge in [-0.15, -0.1) is 0 Å². The molecule has 0 unspecified atom stereocenters. The van der Waals surface area contributed by atoms with Gasteiger partial charge in [0.05, 0.1) is 0 Å². The molecule has 0 aliphatic heterocycles. The average Bonchev–Trinajstić information content (AvgIpc) is 1.38. The van der Waals surface area contributed by atoms with Crippen molar-refractivity contribution in [1.29, 1.82) is 0 Å². The molecular formula is C4H8S-. The smallest absolute Gasteiger partial charge is 0.0332 e. The summed E-state index contributed by atoms with van der Waals surface area (Å²) in [5.74, 6) is 0. The molecule has 0 fully saturated rings. The van der Waals surface area contributed by atoms with Crippen LogP contribution in [0.15, 0.2) is 0 Å². The van der Waals surface area contributed by atoms with Crippen molar-refractivity contribution < 1.29 is 0 Å². The van der Waals surface area contributed by atoms with Crippen LogP contribution in [0.1, 0.15) is 13.8 Å². The van der Waals surface area contributed by atoms with Gasteiger partial charge in [-0.05, 0) is 5.25 Å². The van der Waals surface area contributed by atoms with Crippen molar-refractivity contribution in [2.75, 3.05) is 0 Å². The van der Waals surface area contributed by atoms with Crippen LogP contribution in [0.5, 0.6) is 0 Å². The molecule has 0 atom stereocenters. The minimum atomic E-state index is 0.579. The lowest BCUT2D eigenvalue weighted by molar-refractivity contribution is 1.12. The molecule has 0 N–H and O–H groups in total. The second kappa shape index (κ2) is 2.58. The molecule has 0 aromatic carbocycles. The zero-order chi connectivity index (χ0) is 4.28. The zero-order valence-corrected chi connectivity index (χ0v) is 4.38. The quantitative estimate of drug-likeness (QED) is 0.440. The number of hydrogen-bond donors (Lipinski definition) is 0. The first-order valence-electron chi connectivity index (χ1n) is 1.63. The van der Waals surface area contributed by atoms with Gasteiger partial charge in [-0.25, -0.2) is 0 Å². The van der Waals surface area contributed by atoms with Crippen molar-refractivity contribution in [3.05, 3.63) is 6.26 Å². The molecule has 0 amide bonds. The molecular weight excluding hydrogens is 80.1 g/mol. The van der Waals surface area contributed by atoms with Gasteiger partial charge in [0.2, 0.25) is 0 Å². The van der Waals surface area contributed by atoms with Crippen molar-refractivity contribution in [1.82, 2.24) is 0 Å². The van der Waals surface area contributed by atoms with E-state index in [4.69, 9.17) is 6.26 Å². The standard InChI is InChI=1S/C4H8S/c1-4(2)5-3/h3-4H,1-2H3/q-1. The summed E-state index contributed by atoms with van der Waals surface area (Å²) in [5, 5.41) is 0.579. The van der Waals surface area contributed by atoms with Gasteiger partial charge in [0.1, 0.15) is 0 Å². The summed E-state index contributed by atoms with van der Waals surface area (Å²) in [4.78, 5) is 0. The number of rotatable bonds is 1. The van der Waals surface area contributed by atoms with Gasteiger partial charge in [0.25, 0.3) is 0 Å². The second-order valence-corrected chi connectivity index (χ2v) is 2.40. The molecule has 0 saturated heterocycles. The van der Waals surface area contributed by atoms with Gasteiger partial charge in [-0.1, -0.05) is 13.8 Å². The van der Waals surface area contributed by atoms with Crippen molar-refractivity contribution >= 4 is 11.8 Å². The number of thioether (sulfide) groups is 1. The molecule has 1 heteroatoms. The van der Waals surface area contributed by atoms with Gasteiger partial charge in [0.15, 0.2) is 0 Å². The van der Waals surface area contributed by atoms with Crippen molar-refractivity contribution in [2.24, 2.45) is 0 Å². The van der Waals surface area contributed by atoms with E-state index < -0.39 is 0 Å². The Morgan fingerprint density at radius 3 is 1.80 bits per heavy atom. The van der Waals surface area contributed by atoms with Crippen LogP contribution in [0, 0.1) is 6.26 Å². The van der Waals surface area contributed by atoms with E-state index in [1.165, 1.54) is 11.8 Å². The first-order chi connectivity index (χ1) is 2.27. The summed E-state index contributed by atoms with van der Waals surface area (Å²) >= 11 is 1.38. The molecule has 0 aromatic heterocycles. The first-order valence-corrected chi connectivity index (χ1v) is 2.57. The fraction of sp³-hybridized carbons (Fsp3) is 0.750. The second-order valence-electron chi connectivity index (χ2n) is 1.18. The Bertz CT molecular complexity index is 17.6. The normalized spacial score (nSPS) is 9.60. The van der Waals surface area contributed by atoms with Crippen molar-refractivity contribution in [2.45, 2.75) is 19.1 Å². The maximum absolute atomic E-state index is 5.09. The van der Waals surface area contributed by atoms with E-state index in [9.17, 15) is 0 Å². The van der Waals surface area contributed by atoms with E-state index in [0.29, 0.717) is 5.25 Å². The van der Waals surface area contributed by atoms with E-state index in [1.807, 2.05) is 0 Å². The van der Waals surface area contributed by atoms with Crippen molar-refractivity contribution in [3.63, 3.8) is 0 Å². The monoisotopic (exact) mass is 88.0 g/mol. The Morgan fingerprint density at radius 1 is 1.60 bits per heavy atom. The summed E-state index contributed by atoms with van der Waals surface area (Å²) in [5.41, 5.74) is 0. The fourth-order valence-corrected chi connectivity index (χ4v) is 0. The van der Waals surface area contributed by atoms with E-state index in [1.54, 1.807) is 0 Å². The Kier molecular flexibility index (Phi) is 2.76. The Balaban J connectivity index is 2.54. The van der Waals surface area contributed by atoms with Crippen LogP contribution in [0.25, 0.3) is 0 Å². The molecule has 0 spiro atoms. The largest absolute Gasteiger partial charge is 0.428 e. The molecule has 0 aliphatic rings. The van der Waals surface area contributed by atoms with Crippen molar-refractivity contribution in [3.8, 4) is 0 Å². The minimum Gasteiger partial charge on any atom is -0.428 e. The zero-order valence-electron chi connectivity index (χ0n) is 3.56. The van der Waals surface area contributed by atoms with Crippen LogP contribution in [0.3, 0.4) is 0 Å². The van der Waals surface area contributed by atoms with Crippen LogP contribution >= 0.6 is 11.8 Å². The highest BCUT2D eigenvalue weighted by molar-refractivity contribution is 8.00. The third-order valence-electron chi connectivity index (χ3n) is 0.272. The van der Waals surface area contributed by atoms with Gasteiger partial charge in [-0.2, -0.15) is 0 Å². The van der Waals surface area contributed by atoms with Crippen LogP contribution in [0.4, 0.5) is 0 Å². The van der Waals surface area contributed by atoms with Crippen LogP contribution in [0.2, 0.25) is 0 Å². The molecule has 0 heterocycles. The maximum atomic E-state index is 5.09. The van der Waals surface area contributed by atoms with Crippen LogP contribution < -0.4 is 0 Å². The summed E-state index contributed by atoms with van der Waals surface area (Å²) < 4.78 is 0. The van der Waals surface area contributed by atoms with E-state index >= 15 is 0 Å². The van der Waals surface area contributed by atoms with Gasteiger partial charge in [0, 0.05) is 0 Å². The number of hydrogen-bond acceptors (Lipinski definition) is 1. The topological polar surface area (TPSA) is 0 Å². The lowest BCUT2D eigenvalue weighted by atomic mass is 10.6. The highest BCUT2D eigenvalue weighted by Gasteiger charge is 1.71. The Morgan fingerprint density at radius 2 is 1.80 bits per heavy atom. The third-order valence-corrected chi connectivity index (χ3v) is 0.816. The summed E-state index contributed by atoms with van der Waals surface area (Å²) in [7, 11) is 0. The molecule has 5 heavy (non-hydrogen) atoms. The fourth-order valence-electron chi connectivity index (χ4n) is 0. The Hall–Kier alpha value is 0.350. The van der Waals surface area contributed by atoms with Crippen LogP contribution in [-0.4, -0.2) is 5.25 Å². The predicted octanol–water partition coefficient (Wildman–Crippen LogP) is 1.80. The Labute approximate surface area is 38.0 Å². The summed E-state index contributed by atoms with van der Waals surface area (Å²) in [6.07, 6.45) is 5.09. The van der Waals surface area contributed by atoms with Gasteiger partial charge >= 0.3 is 0 Å². The predicted molar refractivity (Wildman–Crippen MR) is 27.0 cm³/mol. The molecule has 0 aliphatic carbocycles. The highest BCUT2D eigenvalue weighted by Crippen LogP contribution is 2.02. The molecule has 0 rings (SSSR count). The SMILES string of the molecule is [CH-]SC(C)C. The minimum absolute atomic E-state index is 0.579. The van der Waals surface area contributed by atoms with E-state index in [2.05, 4.69) is 13.8 Å². The summed E-state index contributed by atoms with van der Waals surface area (Å²) in [6, 6.07) is 0. The average molecular weight is 88.2 g/mol. The summed E-state index contributed by atoms with van der Waals surface area (Å²) in [6.45, 7) is 4.12.